The number of carbonyl (C=O) groups excluding carboxylic acids is 10. The Kier molecular flexibility index (Phi) is 29.5. The van der Waals surface area contributed by atoms with Crippen LogP contribution >= 0.6 is 0 Å². The van der Waals surface area contributed by atoms with Crippen LogP contribution in [0.25, 0.3) is 0 Å². The number of amides is 10. The quantitative estimate of drug-likeness (QED) is 0.0174. The number of likely N-dealkylation sites (tertiary alicyclic amines) is 3. The van der Waals surface area contributed by atoms with Crippen LogP contribution in [0.15, 0.2) is 75.6 Å². The van der Waals surface area contributed by atoms with Crippen molar-refractivity contribution in [3.05, 3.63) is 71.8 Å². The Hall–Kier alpha value is -9.66. The number of aliphatic hydroxyl groups is 1. The third kappa shape index (κ3) is 23.5. The fourth-order valence-electron chi connectivity index (χ4n) is 11.2. The van der Waals surface area contributed by atoms with Crippen molar-refractivity contribution in [2.75, 3.05) is 45.8 Å². The van der Waals surface area contributed by atoms with Crippen molar-refractivity contribution in [2.45, 2.75) is 170 Å². The number of hydrogen-bond acceptors (Lipinski definition) is 16. The number of rotatable bonds is 35. The van der Waals surface area contributed by atoms with E-state index in [9.17, 15) is 63.0 Å². The first-order valence-electron chi connectivity index (χ1n) is 31.2. The Morgan fingerprint density at radius 2 is 0.957 bits per heavy atom. The van der Waals surface area contributed by atoms with E-state index in [1.54, 1.807) is 60.7 Å². The first kappa shape index (κ1) is 74.1. The third-order valence-corrected chi connectivity index (χ3v) is 16.0. The van der Waals surface area contributed by atoms with Crippen LogP contribution in [0.4, 0.5) is 0 Å². The SMILES string of the molecule is C[C@H](NC(=O)[C@H](Cc1ccccc1)NC(=O)CNC(=O)[C@@H]1CCCN1C(=O)[C@@H]1CCCN1C(=O)[C@@H](N)CCCN=C(N)N)C(=O)N[C@@H](CCCN=C(N)N)C(=O)N[C@H](C(=O)N1CCC[C@H]1C(=O)N[C@@H](Cc1ccccc1)C(=O)N[C@@H](CCCN=C(N)N)C(=O)O)[C@@H](C)O. The summed E-state index contributed by atoms with van der Waals surface area (Å²) < 4.78 is 0. The number of nitrogens with zero attached hydrogens (tertiary/aromatic N) is 6. The number of aliphatic carboxylic acids is 1. The molecule has 3 heterocycles. The van der Waals surface area contributed by atoms with Gasteiger partial charge in [0.2, 0.25) is 59.1 Å². The Balaban J connectivity index is 1.24. The van der Waals surface area contributed by atoms with Gasteiger partial charge in [-0.1, -0.05) is 60.7 Å². The lowest BCUT2D eigenvalue weighted by atomic mass is 10.0. The van der Waals surface area contributed by atoms with E-state index >= 15 is 0 Å². The first-order chi connectivity index (χ1) is 44.2. The highest BCUT2D eigenvalue weighted by atomic mass is 16.4. The zero-order chi connectivity index (χ0) is 68.3. The van der Waals surface area contributed by atoms with Gasteiger partial charge in [-0.05, 0) is 102 Å². The van der Waals surface area contributed by atoms with Crippen molar-refractivity contribution < 1.29 is 63.0 Å². The van der Waals surface area contributed by atoms with Crippen LogP contribution in [0.2, 0.25) is 0 Å². The predicted octanol–water partition coefficient (Wildman–Crippen LogP) is -5.56. The molecule has 3 aliphatic heterocycles. The topological polar surface area (TPSA) is 541 Å². The van der Waals surface area contributed by atoms with Crippen LogP contribution in [-0.2, 0) is 65.6 Å². The maximum atomic E-state index is 14.5. The molecule has 11 atom stereocenters. The minimum absolute atomic E-state index is 0.00229. The molecule has 10 amide bonds. The van der Waals surface area contributed by atoms with Gasteiger partial charge < -0.3 is 102 Å². The van der Waals surface area contributed by atoms with Crippen molar-refractivity contribution in [3.63, 3.8) is 0 Å². The summed E-state index contributed by atoms with van der Waals surface area (Å²) >= 11 is 0. The van der Waals surface area contributed by atoms with Crippen molar-refractivity contribution in [3.8, 4) is 0 Å². The van der Waals surface area contributed by atoms with E-state index in [0.717, 1.165) is 4.90 Å². The summed E-state index contributed by atoms with van der Waals surface area (Å²) in [6.07, 6.45) is 1.19. The number of guanidine groups is 3. The van der Waals surface area contributed by atoms with Crippen molar-refractivity contribution in [2.24, 2.45) is 55.1 Å². The molecule has 93 heavy (non-hydrogen) atoms. The molecule has 0 bridgehead atoms. The molecule has 33 heteroatoms. The lowest BCUT2D eigenvalue weighted by Crippen LogP contribution is -2.61. The van der Waals surface area contributed by atoms with Gasteiger partial charge in [-0.15, -0.1) is 0 Å². The smallest absolute Gasteiger partial charge is 0.326 e. The lowest BCUT2D eigenvalue weighted by molar-refractivity contribution is -0.147. The van der Waals surface area contributed by atoms with Crippen molar-refractivity contribution in [1.29, 1.82) is 0 Å². The lowest BCUT2D eigenvalue weighted by Gasteiger charge is -2.32. The second-order valence-corrected chi connectivity index (χ2v) is 23.2. The number of carboxylic acid groups (broad SMARTS) is 1. The fraction of sp³-hybridized carbons (Fsp3) is 0.567. The van der Waals surface area contributed by atoms with Crippen LogP contribution < -0.4 is 77.4 Å². The highest BCUT2D eigenvalue weighted by molar-refractivity contribution is 5.99. The van der Waals surface area contributed by atoms with Crippen LogP contribution in [0.5, 0.6) is 0 Å². The molecule has 3 aliphatic rings. The number of nitrogens with two attached hydrogens (primary N) is 7. The molecule has 23 N–H and O–H groups in total. The fourth-order valence-corrected chi connectivity index (χ4v) is 11.2. The highest BCUT2D eigenvalue weighted by Gasteiger charge is 2.44. The van der Waals surface area contributed by atoms with Gasteiger partial charge in [-0.3, -0.25) is 62.9 Å². The molecule has 0 unspecified atom stereocenters. The van der Waals surface area contributed by atoms with Gasteiger partial charge >= 0.3 is 5.97 Å². The molecular formula is C60H92N20O13. The number of hydrogen-bond donors (Lipinski definition) is 16. The molecule has 5 rings (SSSR count). The molecule has 0 spiro atoms. The average molecular weight is 1300 g/mol. The molecule has 0 aliphatic carbocycles. The first-order valence-corrected chi connectivity index (χ1v) is 31.2. The molecule has 0 radical (unpaired) electrons. The number of aliphatic imine (C=N–C) groups is 3. The van der Waals surface area contributed by atoms with Crippen LogP contribution in [-0.4, -0.2) is 220 Å². The van der Waals surface area contributed by atoms with Crippen molar-refractivity contribution >= 4 is 82.9 Å². The monoisotopic (exact) mass is 1300 g/mol. The summed E-state index contributed by atoms with van der Waals surface area (Å²) in [6.45, 7) is 2.85. The molecule has 2 aromatic rings. The van der Waals surface area contributed by atoms with Gasteiger partial charge in [0.15, 0.2) is 17.9 Å². The van der Waals surface area contributed by atoms with Crippen molar-refractivity contribution in [1.82, 2.24) is 51.9 Å². The van der Waals surface area contributed by atoms with Gasteiger partial charge in [0.05, 0.1) is 18.7 Å². The van der Waals surface area contributed by atoms with Gasteiger partial charge in [0, 0.05) is 52.1 Å². The van der Waals surface area contributed by atoms with Gasteiger partial charge in [0.25, 0.3) is 0 Å². The average Bonchev–Trinajstić information content (AvgIpc) is 1.74. The molecule has 3 saturated heterocycles. The number of carbonyl (C=O) groups is 11. The minimum atomic E-state index is -1.70. The number of benzene rings is 2. The highest BCUT2D eigenvalue weighted by Crippen LogP contribution is 2.26. The van der Waals surface area contributed by atoms with E-state index in [4.69, 9.17) is 40.1 Å². The molecule has 3 fully saturated rings. The second kappa shape index (κ2) is 37.0. The summed E-state index contributed by atoms with van der Waals surface area (Å²) in [7, 11) is 0. The Morgan fingerprint density at radius 1 is 0.516 bits per heavy atom. The molecule has 0 aromatic heterocycles. The van der Waals surface area contributed by atoms with Crippen LogP contribution in [0, 0.1) is 0 Å². The van der Waals surface area contributed by atoms with Crippen LogP contribution in [0.1, 0.15) is 102 Å². The molecule has 510 valence electrons. The van der Waals surface area contributed by atoms with E-state index in [-0.39, 0.29) is 108 Å². The van der Waals surface area contributed by atoms with Gasteiger partial charge in [-0.2, -0.15) is 0 Å². The second-order valence-electron chi connectivity index (χ2n) is 23.2. The van der Waals surface area contributed by atoms with Crippen LogP contribution in [0.3, 0.4) is 0 Å². The molecule has 2 aromatic carbocycles. The van der Waals surface area contributed by atoms with Gasteiger partial charge in [0.1, 0.15) is 54.4 Å². The third-order valence-electron chi connectivity index (χ3n) is 16.0. The summed E-state index contributed by atoms with van der Waals surface area (Å²) in [6, 6.07) is 4.70. The minimum Gasteiger partial charge on any atom is -0.480 e. The maximum absolute atomic E-state index is 14.5. The van der Waals surface area contributed by atoms with E-state index in [2.05, 4.69) is 52.2 Å². The van der Waals surface area contributed by atoms with E-state index in [1.807, 2.05) is 0 Å². The standard InChI is InChI=1S/C60H92N20O13/c1-34(72-50(85)41(31-36-15-5-3-6-16-36)73-46(82)33-71-52(87)43-22-12-28-78(43)55(90)45-24-14-30-80(45)54(89)38(61)19-9-25-68-58(62)63)48(83)74-39(20-10-26-69-59(64)65)49(84)77-47(35(2)81)56(91)79-29-13-23-44(79)53(88)76-42(32-37-17-7-4-8-18-37)51(86)75-40(57(92)93)21-11-27-70-60(66)67/h3-8,15-18,34-35,38-45,47,81H,9-14,19-33,61H2,1-2H3,(H,71,87)(H,72,85)(H,73,82)(H,74,83)(H,75,86)(H,76,88)(H,77,84)(H,92,93)(H4,62,63,68)(H4,64,65,69)(H4,66,67,70)/t34-,35+,38-,39-,40-,41-,42-,43-,44-,45-,47-/m0/s1. The summed E-state index contributed by atoms with van der Waals surface area (Å²) in [5.74, 6) is -9.25. The molecular weight excluding hydrogens is 1210 g/mol. The zero-order valence-corrected chi connectivity index (χ0v) is 52.6. The largest absolute Gasteiger partial charge is 0.480 e. The summed E-state index contributed by atoms with van der Waals surface area (Å²) in [4.78, 5) is 168. The summed E-state index contributed by atoms with van der Waals surface area (Å²) in [5, 5.41) is 39.1. The summed E-state index contributed by atoms with van der Waals surface area (Å²) in [5.41, 5.74) is 40.1. The van der Waals surface area contributed by atoms with Gasteiger partial charge in [-0.25, -0.2) is 4.79 Å². The Morgan fingerprint density at radius 3 is 1.47 bits per heavy atom. The Labute approximate surface area is 539 Å². The van der Waals surface area contributed by atoms with E-state index in [0.29, 0.717) is 49.8 Å². The predicted molar refractivity (Wildman–Crippen MR) is 342 cm³/mol. The maximum Gasteiger partial charge on any atom is 0.326 e. The Bertz CT molecular complexity index is 3000. The molecule has 0 saturated carbocycles. The number of carboxylic acids is 1. The van der Waals surface area contributed by atoms with E-state index < -0.39 is 138 Å². The van der Waals surface area contributed by atoms with E-state index in [1.165, 1.54) is 23.6 Å². The number of aliphatic hydroxyl groups excluding tert-OH is 1. The number of nitrogens with one attached hydrogen (secondary N) is 7. The molecule has 33 nitrogen and oxygen atoms in total. The normalized spacial score (nSPS) is 18.5. The zero-order valence-electron chi connectivity index (χ0n) is 52.6.